The van der Waals surface area contributed by atoms with Gasteiger partial charge in [0.1, 0.15) is 5.82 Å². The van der Waals surface area contributed by atoms with Gasteiger partial charge in [-0.1, -0.05) is 32.9 Å². The zero-order valence-corrected chi connectivity index (χ0v) is 11.9. The van der Waals surface area contributed by atoms with Crippen molar-refractivity contribution in [1.82, 2.24) is 0 Å². The molecule has 1 aromatic carbocycles. The van der Waals surface area contributed by atoms with Gasteiger partial charge in [-0.2, -0.15) is 0 Å². The molecular weight excluding hydrogens is 251 g/mol. The Morgan fingerprint density at radius 2 is 1.89 bits per heavy atom. The highest BCUT2D eigenvalue weighted by Gasteiger charge is 2.23. The first-order valence-corrected chi connectivity index (χ1v) is 6.32. The zero-order valence-electron chi connectivity index (χ0n) is 11.2. The lowest BCUT2D eigenvalue weighted by atomic mass is 9.84. The number of hydrogen-bond donors (Lipinski definition) is 0. The Kier molecular flexibility index (Phi) is 4.69. The first-order chi connectivity index (χ1) is 8.25. The molecule has 0 aliphatic carbocycles. The van der Waals surface area contributed by atoms with E-state index >= 15 is 0 Å². The molecule has 3 heteroatoms. The van der Waals surface area contributed by atoms with Crippen molar-refractivity contribution >= 4 is 22.4 Å². The molecule has 0 fully saturated rings. The number of benzene rings is 1. The van der Waals surface area contributed by atoms with E-state index in [4.69, 9.17) is 11.6 Å². The van der Waals surface area contributed by atoms with Crippen molar-refractivity contribution < 1.29 is 9.18 Å². The number of carbonyl (C=O) groups is 1. The topological polar surface area (TPSA) is 17.1 Å². The van der Waals surface area contributed by atoms with E-state index in [0.29, 0.717) is 5.56 Å². The van der Waals surface area contributed by atoms with Gasteiger partial charge < -0.3 is 0 Å². The number of halogens is 2. The molecule has 0 aromatic heterocycles. The third-order valence-corrected chi connectivity index (χ3v) is 3.36. The van der Waals surface area contributed by atoms with Crippen LogP contribution in [-0.2, 0) is 4.79 Å². The molecule has 1 atom stereocenters. The molecule has 0 N–H and O–H groups in total. The van der Waals surface area contributed by atoms with Gasteiger partial charge in [-0.25, -0.2) is 4.39 Å². The Bertz CT molecular complexity index is 492. The molecule has 0 amide bonds. The molecule has 18 heavy (non-hydrogen) atoms. The van der Waals surface area contributed by atoms with Crippen LogP contribution in [0.25, 0.3) is 5.57 Å². The molecule has 0 radical (unpaired) electrons. The maximum atomic E-state index is 13.6. The summed E-state index contributed by atoms with van der Waals surface area (Å²) in [5.74, 6) is -0.654. The molecule has 0 saturated carbocycles. The maximum Gasteiger partial charge on any atom is 0.228 e. The van der Waals surface area contributed by atoms with Gasteiger partial charge in [0.15, 0.2) is 0 Å². The number of allylic oxidation sites excluding steroid dienone is 1. The Balaban J connectivity index is 3.60. The van der Waals surface area contributed by atoms with E-state index in [0.717, 1.165) is 16.7 Å². The van der Waals surface area contributed by atoms with Crippen molar-refractivity contribution in [2.24, 2.45) is 0 Å². The van der Waals surface area contributed by atoms with E-state index in [1.165, 1.54) is 12.1 Å². The molecule has 0 bridgehead atoms. The van der Waals surface area contributed by atoms with Crippen LogP contribution < -0.4 is 0 Å². The largest absolute Gasteiger partial charge is 0.281 e. The second-order valence-corrected chi connectivity index (χ2v) is 5.29. The van der Waals surface area contributed by atoms with E-state index < -0.39 is 11.2 Å². The molecule has 0 aliphatic rings. The smallest absolute Gasteiger partial charge is 0.228 e. The van der Waals surface area contributed by atoms with Crippen LogP contribution in [-0.4, -0.2) is 5.24 Å². The van der Waals surface area contributed by atoms with E-state index in [9.17, 15) is 9.18 Å². The lowest BCUT2D eigenvalue weighted by molar-refractivity contribution is -0.112. The van der Waals surface area contributed by atoms with E-state index in [1.54, 1.807) is 13.8 Å². The van der Waals surface area contributed by atoms with Crippen LogP contribution in [0.4, 0.5) is 4.39 Å². The van der Waals surface area contributed by atoms with Gasteiger partial charge in [0.25, 0.3) is 0 Å². The monoisotopic (exact) mass is 268 g/mol. The molecule has 0 heterocycles. The standard InChI is InChI=1S/C15H18ClFO/c1-8(2)12-6-11(17)7-13(9(3)4)14(12)10(5)15(16)18/h6-7,9-10H,1H2,2-5H3. The summed E-state index contributed by atoms with van der Waals surface area (Å²) in [7, 11) is 0. The quantitative estimate of drug-likeness (QED) is 0.714. The van der Waals surface area contributed by atoms with Gasteiger partial charge in [-0.05, 0) is 53.3 Å². The number of hydrogen-bond acceptors (Lipinski definition) is 1. The molecule has 1 nitrogen and oxygen atoms in total. The van der Waals surface area contributed by atoms with Crippen LogP contribution in [0.5, 0.6) is 0 Å². The highest BCUT2D eigenvalue weighted by atomic mass is 35.5. The van der Waals surface area contributed by atoms with Crippen LogP contribution in [0.15, 0.2) is 18.7 Å². The summed E-state index contributed by atoms with van der Waals surface area (Å²) in [5.41, 5.74) is 3.02. The van der Waals surface area contributed by atoms with Crippen molar-refractivity contribution in [2.45, 2.75) is 39.5 Å². The van der Waals surface area contributed by atoms with Crippen molar-refractivity contribution in [3.05, 3.63) is 41.2 Å². The highest BCUT2D eigenvalue weighted by Crippen LogP contribution is 2.34. The molecule has 0 aliphatic heterocycles. The summed E-state index contributed by atoms with van der Waals surface area (Å²) in [5, 5.41) is -0.439. The summed E-state index contributed by atoms with van der Waals surface area (Å²) >= 11 is 5.59. The minimum absolute atomic E-state index is 0.118. The zero-order chi connectivity index (χ0) is 14.0. The summed E-state index contributed by atoms with van der Waals surface area (Å²) in [6, 6.07) is 2.89. The van der Waals surface area contributed by atoms with Gasteiger partial charge in [-0.3, -0.25) is 4.79 Å². The second-order valence-electron chi connectivity index (χ2n) is 4.92. The molecule has 0 saturated heterocycles. The second kappa shape index (κ2) is 5.66. The minimum atomic E-state index is -0.462. The Hall–Kier alpha value is -1.15. The van der Waals surface area contributed by atoms with Gasteiger partial charge in [0.2, 0.25) is 5.24 Å². The van der Waals surface area contributed by atoms with E-state index in [1.807, 2.05) is 13.8 Å². The van der Waals surface area contributed by atoms with Gasteiger partial charge in [0, 0.05) is 0 Å². The highest BCUT2D eigenvalue weighted by molar-refractivity contribution is 6.64. The molecular formula is C15H18ClFO. The SMILES string of the molecule is C=C(C)c1cc(F)cc(C(C)C)c1C(C)C(=O)Cl. The normalized spacial score (nSPS) is 12.6. The Morgan fingerprint density at radius 1 is 1.33 bits per heavy atom. The minimum Gasteiger partial charge on any atom is -0.281 e. The predicted molar refractivity (Wildman–Crippen MR) is 74.5 cm³/mol. The van der Waals surface area contributed by atoms with E-state index in [2.05, 4.69) is 6.58 Å². The number of rotatable bonds is 4. The van der Waals surface area contributed by atoms with Crippen molar-refractivity contribution in [3.8, 4) is 0 Å². The van der Waals surface area contributed by atoms with E-state index in [-0.39, 0.29) is 11.7 Å². The fraction of sp³-hybridized carbons (Fsp3) is 0.400. The average molecular weight is 269 g/mol. The molecule has 0 spiro atoms. The average Bonchev–Trinajstić information content (AvgIpc) is 2.26. The fourth-order valence-electron chi connectivity index (χ4n) is 2.07. The lowest BCUT2D eigenvalue weighted by Crippen LogP contribution is -2.10. The van der Waals surface area contributed by atoms with Crippen molar-refractivity contribution in [1.29, 1.82) is 0 Å². The summed E-state index contributed by atoms with van der Waals surface area (Å²) in [6.45, 7) is 11.3. The number of carbonyl (C=O) groups excluding carboxylic acids is 1. The third kappa shape index (κ3) is 2.99. The predicted octanol–water partition coefficient (Wildman–Crippen LogP) is 4.85. The van der Waals surface area contributed by atoms with Crippen LogP contribution in [0.1, 0.15) is 56.2 Å². The Morgan fingerprint density at radius 3 is 2.28 bits per heavy atom. The molecule has 1 unspecified atom stereocenters. The lowest BCUT2D eigenvalue weighted by Gasteiger charge is -2.21. The molecule has 98 valence electrons. The fourth-order valence-corrected chi connectivity index (χ4v) is 2.18. The van der Waals surface area contributed by atoms with Crippen molar-refractivity contribution in [3.63, 3.8) is 0 Å². The summed E-state index contributed by atoms with van der Waals surface area (Å²) < 4.78 is 13.6. The van der Waals surface area contributed by atoms with Crippen LogP contribution in [0.3, 0.4) is 0 Å². The van der Waals surface area contributed by atoms with Gasteiger partial charge >= 0.3 is 0 Å². The van der Waals surface area contributed by atoms with Gasteiger partial charge in [-0.15, -0.1) is 0 Å². The van der Waals surface area contributed by atoms with Crippen LogP contribution in [0.2, 0.25) is 0 Å². The third-order valence-electron chi connectivity index (χ3n) is 3.03. The maximum absolute atomic E-state index is 13.6. The molecule has 1 rings (SSSR count). The first-order valence-electron chi connectivity index (χ1n) is 5.94. The van der Waals surface area contributed by atoms with Crippen LogP contribution >= 0.6 is 11.6 Å². The van der Waals surface area contributed by atoms with Crippen LogP contribution in [0, 0.1) is 5.82 Å². The summed E-state index contributed by atoms with van der Waals surface area (Å²) in [6.07, 6.45) is 0. The summed E-state index contributed by atoms with van der Waals surface area (Å²) in [4.78, 5) is 11.4. The molecule has 1 aromatic rings. The Labute approximate surface area is 113 Å². The van der Waals surface area contributed by atoms with Crippen molar-refractivity contribution in [2.75, 3.05) is 0 Å². The first kappa shape index (κ1) is 14.9. The van der Waals surface area contributed by atoms with Gasteiger partial charge in [0.05, 0.1) is 5.92 Å².